The molecule has 0 spiro atoms. The maximum absolute atomic E-state index is 12.2. The zero-order valence-corrected chi connectivity index (χ0v) is 10.6. The van der Waals surface area contributed by atoms with Crippen molar-refractivity contribution in [3.8, 4) is 0 Å². The summed E-state index contributed by atoms with van der Waals surface area (Å²) in [7, 11) is 0. The van der Waals surface area contributed by atoms with E-state index in [0.717, 1.165) is 16.8 Å². The van der Waals surface area contributed by atoms with Crippen LogP contribution in [-0.4, -0.2) is 23.7 Å². The molecule has 0 fully saturated rings. The number of rotatable bonds is 1. The normalized spacial score (nSPS) is 20.2. The van der Waals surface area contributed by atoms with Crippen LogP contribution in [0.15, 0.2) is 23.3 Å². The molecule has 21 heavy (non-hydrogen) atoms. The van der Waals surface area contributed by atoms with Gasteiger partial charge < -0.3 is 5.32 Å². The van der Waals surface area contributed by atoms with E-state index < -0.39 is 12.1 Å². The molecule has 1 aliphatic carbocycles. The van der Waals surface area contributed by atoms with Crippen molar-refractivity contribution >= 4 is 23.2 Å². The highest BCUT2D eigenvalue weighted by Crippen LogP contribution is 2.33. The van der Waals surface area contributed by atoms with Gasteiger partial charge in [-0.15, -0.1) is 0 Å². The summed E-state index contributed by atoms with van der Waals surface area (Å²) in [5, 5.41) is 5.81. The van der Waals surface area contributed by atoms with Crippen molar-refractivity contribution < 1.29 is 22.8 Å². The molecule has 1 unspecified atom stereocenters. The van der Waals surface area contributed by atoms with Crippen molar-refractivity contribution in [1.29, 1.82) is 0 Å². The number of hydrogen-bond acceptors (Lipinski definition) is 3. The Kier molecular flexibility index (Phi) is 2.96. The van der Waals surface area contributed by atoms with Crippen LogP contribution < -0.4 is 10.7 Å². The molecule has 110 valence electrons. The lowest BCUT2D eigenvalue weighted by molar-refractivity contribution is -0.167. The van der Waals surface area contributed by atoms with Gasteiger partial charge in [0.05, 0.1) is 5.71 Å². The smallest absolute Gasteiger partial charge is 0.318 e. The lowest BCUT2D eigenvalue weighted by Crippen LogP contribution is -2.31. The minimum absolute atomic E-state index is 0.0534. The second-order valence-electron chi connectivity index (χ2n) is 4.96. The van der Waals surface area contributed by atoms with E-state index in [1.807, 2.05) is 5.32 Å². The number of benzene rings is 1. The molecule has 1 heterocycles. The number of hydrazone groups is 1. The van der Waals surface area contributed by atoms with Crippen LogP contribution in [0.1, 0.15) is 17.5 Å². The monoisotopic (exact) mass is 297 g/mol. The van der Waals surface area contributed by atoms with E-state index in [9.17, 15) is 22.8 Å². The molecule has 1 aromatic carbocycles. The van der Waals surface area contributed by atoms with Gasteiger partial charge in [-0.25, -0.2) is 5.43 Å². The van der Waals surface area contributed by atoms with Crippen molar-refractivity contribution in [3.63, 3.8) is 0 Å². The molecule has 1 aliphatic heterocycles. The quantitative estimate of drug-likeness (QED) is 0.826. The van der Waals surface area contributed by atoms with Crippen molar-refractivity contribution in [2.75, 3.05) is 5.32 Å². The Bertz CT molecular complexity index is 667. The molecule has 1 aromatic rings. The van der Waals surface area contributed by atoms with Crippen LogP contribution >= 0.6 is 0 Å². The first-order valence-electron chi connectivity index (χ1n) is 6.22. The number of nitrogens with zero attached hydrogens (tertiary/aromatic N) is 1. The topological polar surface area (TPSA) is 70.6 Å². The Morgan fingerprint density at radius 1 is 1.33 bits per heavy atom. The van der Waals surface area contributed by atoms with Gasteiger partial charge in [0, 0.05) is 23.6 Å². The van der Waals surface area contributed by atoms with Crippen LogP contribution in [0.5, 0.6) is 0 Å². The Hall–Kier alpha value is -2.38. The molecule has 5 nitrogen and oxygen atoms in total. The predicted octanol–water partition coefficient (Wildman–Crippen LogP) is 1.58. The lowest BCUT2D eigenvalue weighted by Gasteiger charge is -2.15. The molecule has 0 aromatic heterocycles. The van der Waals surface area contributed by atoms with Crippen LogP contribution in [0, 0.1) is 5.92 Å². The molecule has 0 bridgehead atoms. The summed E-state index contributed by atoms with van der Waals surface area (Å²) in [6, 6.07) is 4.49. The number of carbonyl (C=O) groups is 2. The third-order valence-corrected chi connectivity index (χ3v) is 3.48. The Labute approximate surface area is 117 Å². The highest BCUT2D eigenvalue weighted by molar-refractivity contribution is 6.09. The van der Waals surface area contributed by atoms with Gasteiger partial charge in [-0.2, -0.15) is 18.3 Å². The number of amides is 2. The predicted molar refractivity (Wildman–Crippen MR) is 67.6 cm³/mol. The van der Waals surface area contributed by atoms with Crippen molar-refractivity contribution in [3.05, 3.63) is 29.3 Å². The van der Waals surface area contributed by atoms with E-state index in [-0.39, 0.29) is 17.5 Å². The molecule has 2 amide bonds. The largest absolute Gasteiger partial charge is 0.471 e. The fourth-order valence-electron chi connectivity index (χ4n) is 2.59. The second-order valence-corrected chi connectivity index (χ2v) is 4.96. The number of carbonyl (C=O) groups excluding carboxylic acids is 2. The Balaban J connectivity index is 1.85. The summed E-state index contributed by atoms with van der Waals surface area (Å²) in [5.41, 5.74) is 4.77. The minimum atomic E-state index is -4.92. The van der Waals surface area contributed by atoms with Gasteiger partial charge in [0.25, 0.3) is 0 Å². The molecule has 0 radical (unpaired) electrons. The Morgan fingerprint density at radius 3 is 2.81 bits per heavy atom. The summed E-state index contributed by atoms with van der Waals surface area (Å²) in [6.45, 7) is 0. The first-order chi connectivity index (χ1) is 9.84. The van der Waals surface area contributed by atoms with Crippen LogP contribution in [0.3, 0.4) is 0 Å². The van der Waals surface area contributed by atoms with Crippen LogP contribution in [-0.2, 0) is 16.0 Å². The van der Waals surface area contributed by atoms with Gasteiger partial charge in [-0.3, -0.25) is 9.59 Å². The standard InChI is InChI=1S/C13H10F3N3O2/c14-13(15,16)12(21)17-8-1-2-9-6(4-8)3-7-5-10(20)18-19-11(7)9/h1-2,4,7H,3,5H2,(H,17,21)(H,18,20). The second kappa shape index (κ2) is 4.57. The maximum atomic E-state index is 12.2. The summed E-state index contributed by atoms with van der Waals surface area (Å²) >= 11 is 0. The SMILES string of the molecule is O=C1CC2Cc3cc(NC(=O)C(F)(F)F)ccc3C2=NN1. The molecule has 1 atom stereocenters. The summed E-state index contributed by atoms with van der Waals surface area (Å²) in [5.74, 6) is -2.24. The van der Waals surface area contributed by atoms with E-state index in [1.54, 1.807) is 6.07 Å². The summed E-state index contributed by atoms with van der Waals surface area (Å²) in [6.07, 6.45) is -4.09. The molecule has 0 saturated carbocycles. The van der Waals surface area contributed by atoms with Gasteiger partial charge >= 0.3 is 12.1 Å². The number of anilines is 1. The van der Waals surface area contributed by atoms with Gasteiger partial charge in [0.15, 0.2) is 0 Å². The van der Waals surface area contributed by atoms with Gasteiger partial charge in [-0.1, -0.05) is 6.07 Å². The fraction of sp³-hybridized carbons (Fsp3) is 0.308. The van der Waals surface area contributed by atoms with E-state index in [1.165, 1.54) is 12.1 Å². The molecule has 0 saturated heterocycles. The average molecular weight is 297 g/mol. The Morgan fingerprint density at radius 2 is 2.10 bits per heavy atom. The van der Waals surface area contributed by atoms with E-state index in [2.05, 4.69) is 10.5 Å². The first-order valence-corrected chi connectivity index (χ1v) is 6.22. The minimum Gasteiger partial charge on any atom is -0.318 e. The number of nitrogens with one attached hydrogen (secondary N) is 2. The van der Waals surface area contributed by atoms with Gasteiger partial charge in [-0.05, 0) is 24.1 Å². The third-order valence-electron chi connectivity index (χ3n) is 3.48. The zero-order chi connectivity index (χ0) is 15.2. The highest BCUT2D eigenvalue weighted by Gasteiger charge is 2.39. The number of fused-ring (bicyclic) bond motifs is 3. The van der Waals surface area contributed by atoms with E-state index >= 15 is 0 Å². The van der Waals surface area contributed by atoms with Crippen LogP contribution in [0.4, 0.5) is 18.9 Å². The lowest BCUT2D eigenvalue weighted by atomic mass is 9.99. The van der Waals surface area contributed by atoms with Crippen molar-refractivity contribution in [2.24, 2.45) is 11.0 Å². The molecular weight excluding hydrogens is 287 g/mol. The molecular formula is C13H10F3N3O2. The molecule has 2 aliphatic rings. The average Bonchev–Trinajstić information content (AvgIpc) is 2.73. The molecule has 2 N–H and O–H groups in total. The van der Waals surface area contributed by atoms with Crippen molar-refractivity contribution in [1.82, 2.24) is 5.43 Å². The summed E-state index contributed by atoms with van der Waals surface area (Å²) in [4.78, 5) is 22.2. The number of halogens is 3. The fourth-order valence-corrected chi connectivity index (χ4v) is 2.59. The van der Waals surface area contributed by atoms with Crippen molar-refractivity contribution in [2.45, 2.75) is 19.0 Å². The van der Waals surface area contributed by atoms with Gasteiger partial charge in [0.2, 0.25) is 5.91 Å². The first kappa shape index (κ1) is 13.6. The molecule has 3 rings (SSSR count). The van der Waals surface area contributed by atoms with Crippen LogP contribution in [0.25, 0.3) is 0 Å². The molecule has 8 heteroatoms. The zero-order valence-electron chi connectivity index (χ0n) is 10.6. The maximum Gasteiger partial charge on any atom is 0.471 e. The van der Waals surface area contributed by atoms with E-state index in [0.29, 0.717) is 12.8 Å². The third kappa shape index (κ3) is 2.48. The number of hydrogen-bond donors (Lipinski definition) is 2. The van der Waals surface area contributed by atoms with Gasteiger partial charge in [0.1, 0.15) is 0 Å². The summed E-state index contributed by atoms with van der Waals surface area (Å²) < 4.78 is 36.6. The van der Waals surface area contributed by atoms with Crippen LogP contribution in [0.2, 0.25) is 0 Å². The highest BCUT2D eigenvalue weighted by atomic mass is 19.4. The number of alkyl halides is 3. The van der Waals surface area contributed by atoms with E-state index in [4.69, 9.17) is 0 Å².